The van der Waals surface area contributed by atoms with Crippen molar-refractivity contribution in [1.82, 2.24) is 4.57 Å². The van der Waals surface area contributed by atoms with Gasteiger partial charge < -0.3 is 9.88 Å². The molecule has 2 rings (SSSR count). The summed E-state index contributed by atoms with van der Waals surface area (Å²) in [5.41, 5.74) is 1.94. The monoisotopic (exact) mass is 282 g/mol. The number of anilines is 1. The van der Waals surface area contributed by atoms with Crippen LogP contribution in [-0.2, 0) is 13.6 Å². The first kappa shape index (κ1) is 11.2. The summed E-state index contributed by atoms with van der Waals surface area (Å²) in [7, 11) is 1.97. The van der Waals surface area contributed by atoms with Gasteiger partial charge in [-0.25, -0.2) is 4.39 Å². The lowest BCUT2D eigenvalue weighted by atomic mass is 10.3. The van der Waals surface area contributed by atoms with E-state index in [9.17, 15) is 4.39 Å². The van der Waals surface area contributed by atoms with Gasteiger partial charge >= 0.3 is 0 Å². The van der Waals surface area contributed by atoms with E-state index in [1.165, 1.54) is 17.7 Å². The van der Waals surface area contributed by atoms with Gasteiger partial charge in [-0.1, -0.05) is 15.9 Å². The molecule has 1 aromatic carbocycles. The summed E-state index contributed by atoms with van der Waals surface area (Å²) in [5.74, 6) is -0.245. The molecule has 1 heterocycles. The number of benzene rings is 1. The molecule has 0 fully saturated rings. The summed E-state index contributed by atoms with van der Waals surface area (Å²) < 4.78 is 15.8. The van der Waals surface area contributed by atoms with E-state index in [1.54, 1.807) is 0 Å². The van der Waals surface area contributed by atoms with Crippen LogP contribution in [0.2, 0.25) is 0 Å². The molecule has 0 unspecified atom stereocenters. The van der Waals surface area contributed by atoms with E-state index in [-0.39, 0.29) is 5.82 Å². The number of aromatic nitrogens is 1. The van der Waals surface area contributed by atoms with E-state index in [2.05, 4.69) is 21.2 Å². The highest BCUT2D eigenvalue weighted by molar-refractivity contribution is 9.10. The predicted molar refractivity (Wildman–Crippen MR) is 66.8 cm³/mol. The Hall–Kier alpha value is -1.29. The van der Waals surface area contributed by atoms with Crippen LogP contribution in [0.4, 0.5) is 10.1 Å². The Kier molecular flexibility index (Phi) is 3.29. The number of hydrogen-bond donors (Lipinski definition) is 1. The van der Waals surface area contributed by atoms with Gasteiger partial charge in [-0.3, -0.25) is 0 Å². The maximum atomic E-state index is 13.1. The maximum Gasteiger partial charge on any atom is 0.126 e. The summed E-state index contributed by atoms with van der Waals surface area (Å²) in [5, 5.41) is 3.17. The Balaban J connectivity index is 2.04. The van der Waals surface area contributed by atoms with Crippen LogP contribution in [0.3, 0.4) is 0 Å². The van der Waals surface area contributed by atoms with Crippen LogP contribution in [0.25, 0.3) is 0 Å². The Bertz CT molecular complexity index is 473. The molecule has 0 atom stereocenters. The van der Waals surface area contributed by atoms with E-state index in [1.807, 2.05) is 36.1 Å². The largest absolute Gasteiger partial charge is 0.381 e. The third-order valence-corrected chi connectivity index (χ3v) is 2.71. The molecular weight excluding hydrogens is 271 g/mol. The average molecular weight is 283 g/mol. The highest BCUT2D eigenvalue weighted by atomic mass is 79.9. The topological polar surface area (TPSA) is 17.0 Å². The van der Waals surface area contributed by atoms with Crippen molar-refractivity contribution in [2.24, 2.45) is 7.05 Å². The van der Waals surface area contributed by atoms with E-state index < -0.39 is 0 Å². The highest BCUT2D eigenvalue weighted by Gasteiger charge is 1.99. The van der Waals surface area contributed by atoms with Gasteiger partial charge in [0.2, 0.25) is 0 Å². The Morgan fingerprint density at radius 2 is 2.19 bits per heavy atom. The Morgan fingerprint density at radius 3 is 2.81 bits per heavy atom. The SMILES string of the molecule is Cn1ccc(CNc2cc(F)cc(Br)c2)c1. The lowest BCUT2D eigenvalue weighted by Gasteiger charge is -2.05. The number of hydrogen-bond acceptors (Lipinski definition) is 1. The first-order valence-electron chi connectivity index (χ1n) is 4.94. The van der Waals surface area contributed by atoms with Crippen molar-refractivity contribution in [3.63, 3.8) is 0 Å². The van der Waals surface area contributed by atoms with Crippen LogP contribution >= 0.6 is 15.9 Å². The molecule has 0 radical (unpaired) electrons. The molecule has 1 aromatic heterocycles. The second kappa shape index (κ2) is 4.70. The molecule has 16 heavy (non-hydrogen) atoms. The van der Waals surface area contributed by atoms with Crippen LogP contribution < -0.4 is 5.32 Å². The normalized spacial score (nSPS) is 10.4. The van der Waals surface area contributed by atoms with Crippen molar-refractivity contribution in [3.8, 4) is 0 Å². The van der Waals surface area contributed by atoms with Crippen LogP contribution in [0.5, 0.6) is 0 Å². The maximum absolute atomic E-state index is 13.1. The van der Waals surface area contributed by atoms with Gasteiger partial charge in [0, 0.05) is 36.1 Å². The zero-order valence-corrected chi connectivity index (χ0v) is 10.5. The molecule has 0 aliphatic carbocycles. The van der Waals surface area contributed by atoms with Crippen LogP contribution in [0.1, 0.15) is 5.56 Å². The lowest BCUT2D eigenvalue weighted by Crippen LogP contribution is -1.98. The zero-order valence-electron chi connectivity index (χ0n) is 8.87. The Morgan fingerprint density at radius 1 is 1.38 bits per heavy atom. The molecule has 0 spiro atoms. The van der Waals surface area contributed by atoms with Gasteiger partial charge in [0.15, 0.2) is 0 Å². The van der Waals surface area contributed by atoms with Gasteiger partial charge in [0.05, 0.1) is 0 Å². The molecule has 4 heteroatoms. The molecule has 1 N–H and O–H groups in total. The van der Waals surface area contributed by atoms with Gasteiger partial charge in [0.1, 0.15) is 5.82 Å². The van der Waals surface area contributed by atoms with E-state index in [4.69, 9.17) is 0 Å². The molecule has 0 saturated heterocycles. The molecule has 0 aliphatic rings. The molecule has 2 aromatic rings. The molecule has 0 aliphatic heterocycles. The Labute approximate surface area is 102 Å². The highest BCUT2D eigenvalue weighted by Crippen LogP contribution is 2.19. The van der Waals surface area contributed by atoms with Gasteiger partial charge in [-0.05, 0) is 29.8 Å². The quantitative estimate of drug-likeness (QED) is 0.911. The molecular formula is C12H12BrFN2. The van der Waals surface area contributed by atoms with Crippen molar-refractivity contribution < 1.29 is 4.39 Å². The van der Waals surface area contributed by atoms with Crippen molar-refractivity contribution in [3.05, 3.63) is 52.5 Å². The minimum Gasteiger partial charge on any atom is -0.381 e. The zero-order chi connectivity index (χ0) is 11.5. The molecule has 0 amide bonds. The van der Waals surface area contributed by atoms with Gasteiger partial charge in [-0.15, -0.1) is 0 Å². The van der Waals surface area contributed by atoms with E-state index in [0.717, 1.165) is 10.2 Å². The number of rotatable bonds is 3. The fourth-order valence-electron chi connectivity index (χ4n) is 1.53. The summed E-state index contributed by atoms with van der Waals surface area (Å²) in [4.78, 5) is 0. The van der Waals surface area contributed by atoms with Crippen molar-refractivity contribution >= 4 is 21.6 Å². The second-order valence-corrected chi connectivity index (χ2v) is 4.61. The first-order valence-corrected chi connectivity index (χ1v) is 5.73. The second-order valence-electron chi connectivity index (χ2n) is 3.70. The molecule has 0 saturated carbocycles. The van der Waals surface area contributed by atoms with Gasteiger partial charge in [0.25, 0.3) is 0 Å². The van der Waals surface area contributed by atoms with Gasteiger partial charge in [-0.2, -0.15) is 0 Å². The van der Waals surface area contributed by atoms with Crippen molar-refractivity contribution in [1.29, 1.82) is 0 Å². The van der Waals surface area contributed by atoms with Crippen molar-refractivity contribution in [2.75, 3.05) is 5.32 Å². The molecule has 2 nitrogen and oxygen atoms in total. The van der Waals surface area contributed by atoms with Crippen LogP contribution in [-0.4, -0.2) is 4.57 Å². The molecule has 84 valence electrons. The fraction of sp³-hybridized carbons (Fsp3) is 0.167. The van der Waals surface area contributed by atoms with Crippen LogP contribution in [0, 0.1) is 5.82 Å². The van der Waals surface area contributed by atoms with E-state index in [0.29, 0.717) is 6.54 Å². The number of nitrogens with zero attached hydrogens (tertiary/aromatic N) is 1. The summed E-state index contributed by atoms with van der Waals surface area (Å²) in [6.07, 6.45) is 4.01. The van der Waals surface area contributed by atoms with Crippen LogP contribution in [0.15, 0.2) is 41.1 Å². The third-order valence-electron chi connectivity index (χ3n) is 2.25. The van der Waals surface area contributed by atoms with E-state index >= 15 is 0 Å². The third kappa shape index (κ3) is 2.85. The summed E-state index contributed by atoms with van der Waals surface area (Å²) in [6, 6.07) is 6.80. The lowest BCUT2D eigenvalue weighted by molar-refractivity contribution is 0.627. The minimum atomic E-state index is -0.245. The first-order chi connectivity index (χ1) is 7.63. The minimum absolute atomic E-state index is 0.245. The smallest absolute Gasteiger partial charge is 0.126 e. The van der Waals surface area contributed by atoms with Crippen molar-refractivity contribution in [2.45, 2.75) is 6.54 Å². The number of nitrogens with one attached hydrogen (secondary N) is 1. The molecule has 0 bridgehead atoms. The summed E-state index contributed by atoms with van der Waals surface area (Å²) in [6.45, 7) is 0.691. The average Bonchev–Trinajstić information content (AvgIpc) is 2.60. The number of aryl methyl sites for hydroxylation is 1. The summed E-state index contributed by atoms with van der Waals surface area (Å²) >= 11 is 3.26. The number of halogens is 2. The predicted octanol–water partition coefficient (Wildman–Crippen LogP) is 3.54. The standard InChI is InChI=1S/C12H12BrFN2/c1-16-3-2-9(8-16)7-15-12-5-10(13)4-11(14)6-12/h2-6,8,15H,7H2,1H3. The fourth-order valence-corrected chi connectivity index (χ4v) is 1.99.